The molecule has 0 bridgehead atoms. The molecular weight excluding hydrogens is 302 g/mol. The number of hydrogen-bond donors (Lipinski definition) is 2. The van der Waals surface area contributed by atoms with Gasteiger partial charge in [-0.15, -0.1) is 0 Å². The zero-order valence-corrected chi connectivity index (χ0v) is 11.8. The van der Waals surface area contributed by atoms with Crippen molar-refractivity contribution in [3.63, 3.8) is 0 Å². The van der Waals surface area contributed by atoms with Gasteiger partial charge in [-0.2, -0.15) is 10.5 Å². The number of nitro groups is 1. The summed E-state index contributed by atoms with van der Waals surface area (Å²) in [7, 11) is 1.31. The lowest BCUT2D eigenvalue weighted by Crippen LogP contribution is -2.16. The molecule has 1 aromatic heterocycles. The lowest BCUT2D eigenvalue weighted by Gasteiger charge is -2.10. The Kier molecular flexibility index (Phi) is 3.97. The average molecular weight is 311 g/mol. The number of nitrogen functional groups attached to an aromatic ring is 1. The van der Waals surface area contributed by atoms with Crippen molar-refractivity contribution in [2.24, 2.45) is 0 Å². The summed E-state index contributed by atoms with van der Waals surface area (Å²) in [4.78, 5) is 24.4. The molecule has 9 nitrogen and oxygen atoms in total. The van der Waals surface area contributed by atoms with Gasteiger partial charge < -0.3 is 15.5 Å². The molecule has 0 aliphatic carbocycles. The Morgan fingerprint density at radius 1 is 1.26 bits per heavy atom. The van der Waals surface area contributed by atoms with Crippen molar-refractivity contribution < 1.29 is 9.66 Å². The van der Waals surface area contributed by atoms with Crippen LogP contribution in [0.3, 0.4) is 0 Å². The molecule has 114 valence electrons. The van der Waals surface area contributed by atoms with E-state index in [1.54, 1.807) is 12.1 Å². The second kappa shape index (κ2) is 5.87. The van der Waals surface area contributed by atoms with Crippen LogP contribution in [0.1, 0.15) is 11.1 Å². The van der Waals surface area contributed by atoms with Crippen molar-refractivity contribution in [2.45, 2.75) is 0 Å². The molecule has 9 heteroatoms. The predicted molar refractivity (Wildman–Crippen MR) is 79.5 cm³/mol. The van der Waals surface area contributed by atoms with Crippen LogP contribution in [-0.2, 0) is 0 Å². The van der Waals surface area contributed by atoms with Gasteiger partial charge in [-0.05, 0) is 11.6 Å². The quantitative estimate of drug-likeness (QED) is 0.637. The summed E-state index contributed by atoms with van der Waals surface area (Å²) in [6.07, 6.45) is 0. The third kappa shape index (κ3) is 2.66. The topological polar surface area (TPSA) is 159 Å². The number of non-ortho nitro benzene ring substituents is 1. The van der Waals surface area contributed by atoms with Gasteiger partial charge in [-0.3, -0.25) is 14.9 Å². The summed E-state index contributed by atoms with van der Waals surface area (Å²) in [5.74, 6) is -0.0854. The van der Waals surface area contributed by atoms with E-state index in [9.17, 15) is 25.4 Å². The summed E-state index contributed by atoms with van der Waals surface area (Å²) in [5, 5.41) is 29.5. The number of aromatic nitrogens is 1. The number of nitro benzene ring substituents is 1. The SMILES string of the molecule is COc1cc(-c2c(C#N)c(N)[nH]c(=O)c2C#N)cc([N+](=O)[O-])c1. The van der Waals surface area contributed by atoms with Crippen LogP contribution in [0.5, 0.6) is 5.75 Å². The van der Waals surface area contributed by atoms with Crippen LogP contribution < -0.4 is 16.0 Å². The molecule has 0 aliphatic rings. The maximum atomic E-state index is 11.9. The number of aromatic amines is 1. The third-order valence-electron chi connectivity index (χ3n) is 3.09. The number of hydrogen-bond acceptors (Lipinski definition) is 7. The Labute approximate surface area is 129 Å². The number of H-pyrrole nitrogens is 1. The van der Waals surface area contributed by atoms with Crippen LogP contribution in [0, 0.1) is 32.8 Å². The summed E-state index contributed by atoms with van der Waals surface area (Å²) in [6, 6.07) is 7.18. The number of nitrogens with zero attached hydrogens (tertiary/aromatic N) is 3. The highest BCUT2D eigenvalue weighted by Crippen LogP contribution is 2.33. The van der Waals surface area contributed by atoms with Crippen molar-refractivity contribution in [3.8, 4) is 29.0 Å². The van der Waals surface area contributed by atoms with Crippen molar-refractivity contribution >= 4 is 11.5 Å². The zero-order valence-electron chi connectivity index (χ0n) is 11.8. The molecule has 3 N–H and O–H groups in total. The van der Waals surface area contributed by atoms with Crippen molar-refractivity contribution in [1.82, 2.24) is 4.98 Å². The van der Waals surface area contributed by atoms with E-state index < -0.39 is 10.5 Å². The first-order valence-electron chi connectivity index (χ1n) is 6.12. The molecule has 0 unspecified atom stereocenters. The van der Waals surface area contributed by atoms with Crippen LogP contribution in [0.25, 0.3) is 11.1 Å². The van der Waals surface area contributed by atoms with E-state index in [-0.39, 0.29) is 39.5 Å². The van der Waals surface area contributed by atoms with Gasteiger partial charge in [0.25, 0.3) is 11.2 Å². The maximum Gasteiger partial charge on any atom is 0.273 e. The number of pyridine rings is 1. The monoisotopic (exact) mass is 311 g/mol. The standard InChI is InChI=1S/C14H9N5O4/c1-23-9-3-7(2-8(4-9)19(21)22)12-10(5-15)13(17)18-14(20)11(12)6-16/h2-4H,1H3,(H3,17,18,20). The number of anilines is 1. The maximum absolute atomic E-state index is 11.9. The summed E-state index contributed by atoms with van der Waals surface area (Å²) in [5.41, 5.74) is 4.04. The van der Waals surface area contributed by atoms with Gasteiger partial charge in [0.1, 0.15) is 34.8 Å². The minimum Gasteiger partial charge on any atom is -0.496 e. The summed E-state index contributed by atoms with van der Waals surface area (Å²) < 4.78 is 4.99. The zero-order chi connectivity index (χ0) is 17.1. The fraction of sp³-hybridized carbons (Fsp3) is 0.0714. The van der Waals surface area contributed by atoms with E-state index >= 15 is 0 Å². The first-order valence-corrected chi connectivity index (χ1v) is 6.12. The number of rotatable bonds is 3. The van der Waals surface area contributed by atoms with Crippen LogP contribution in [-0.4, -0.2) is 17.0 Å². The lowest BCUT2D eigenvalue weighted by atomic mass is 9.96. The highest BCUT2D eigenvalue weighted by molar-refractivity contribution is 5.81. The predicted octanol–water partition coefficient (Wildman–Crippen LogP) is 1.28. The Morgan fingerprint density at radius 3 is 2.43 bits per heavy atom. The largest absolute Gasteiger partial charge is 0.496 e. The first kappa shape index (κ1) is 15.5. The molecule has 0 aliphatic heterocycles. The van der Waals surface area contributed by atoms with Crippen molar-refractivity contribution in [3.05, 3.63) is 49.8 Å². The summed E-state index contributed by atoms with van der Waals surface area (Å²) >= 11 is 0. The molecule has 0 saturated carbocycles. The molecule has 2 rings (SSSR count). The molecule has 1 heterocycles. The molecular formula is C14H9N5O4. The molecule has 0 atom stereocenters. The van der Waals surface area contributed by atoms with Crippen molar-refractivity contribution in [1.29, 1.82) is 10.5 Å². The van der Waals surface area contributed by atoms with Gasteiger partial charge in [-0.25, -0.2) is 0 Å². The Bertz CT molecular complexity index is 949. The van der Waals surface area contributed by atoms with Gasteiger partial charge in [0.05, 0.1) is 18.1 Å². The van der Waals surface area contributed by atoms with Crippen LogP contribution in [0.15, 0.2) is 23.0 Å². The number of nitrogens with one attached hydrogen (secondary N) is 1. The number of ether oxygens (including phenoxy) is 1. The highest BCUT2D eigenvalue weighted by atomic mass is 16.6. The van der Waals surface area contributed by atoms with E-state index in [2.05, 4.69) is 4.98 Å². The molecule has 0 spiro atoms. The molecule has 0 saturated heterocycles. The molecule has 2 aromatic rings. The molecule has 23 heavy (non-hydrogen) atoms. The minimum atomic E-state index is -0.788. The van der Waals surface area contributed by atoms with Gasteiger partial charge in [-0.1, -0.05) is 0 Å². The molecule has 0 amide bonds. The van der Waals surface area contributed by atoms with Gasteiger partial charge in [0, 0.05) is 11.6 Å². The smallest absolute Gasteiger partial charge is 0.273 e. The summed E-state index contributed by atoms with van der Waals surface area (Å²) in [6.45, 7) is 0. The normalized spacial score (nSPS) is 9.70. The van der Waals surface area contributed by atoms with E-state index in [0.717, 1.165) is 6.07 Å². The number of nitriles is 2. The molecule has 0 radical (unpaired) electrons. The Balaban J connectivity index is 2.95. The van der Waals surface area contributed by atoms with Crippen molar-refractivity contribution in [2.75, 3.05) is 12.8 Å². The number of methoxy groups -OCH3 is 1. The fourth-order valence-electron chi connectivity index (χ4n) is 2.08. The third-order valence-corrected chi connectivity index (χ3v) is 3.09. The fourth-order valence-corrected chi connectivity index (χ4v) is 2.08. The van der Waals surface area contributed by atoms with Crippen LogP contribution in [0.4, 0.5) is 11.5 Å². The van der Waals surface area contributed by atoms with E-state index in [0.29, 0.717) is 0 Å². The lowest BCUT2D eigenvalue weighted by molar-refractivity contribution is -0.384. The van der Waals surface area contributed by atoms with Gasteiger partial charge in [0.15, 0.2) is 0 Å². The first-order chi connectivity index (χ1) is 10.9. The number of benzene rings is 1. The Hall–Kier alpha value is -3.85. The van der Waals surface area contributed by atoms with Gasteiger partial charge >= 0.3 is 0 Å². The molecule has 0 fully saturated rings. The number of nitrogens with two attached hydrogens (primary N) is 1. The second-order valence-electron chi connectivity index (χ2n) is 4.39. The second-order valence-corrected chi connectivity index (χ2v) is 4.39. The van der Waals surface area contributed by atoms with Gasteiger partial charge in [0.2, 0.25) is 0 Å². The van der Waals surface area contributed by atoms with E-state index in [1.165, 1.54) is 19.2 Å². The minimum absolute atomic E-state index is 0.0711. The van der Waals surface area contributed by atoms with E-state index in [4.69, 9.17) is 10.5 Å². The van der Waals surface area contributed by atoms with Crippen LogP contribution in [0.2, 0.25) is 0 Å². The average Bonchev–Trinajstić information content (AvgIpc) is 2.53. The van der Waals surface area contributed by atoms with E-state index in [1.807, 2.05) is 0 Å². The van der Waals surface area contributed by atoms with Crippen LogP contribution >= 0.6 is 0 Å². The highest BCUT2D eigenvalue weighted by Gasteiger charge is 2.21. The Morgan fingerprint density at radius 2 is 1.91 bits per heavy atom. The molecule has 1 aromatic carbocycles.